The number of nitriles is 1. The zero-order chi connectivity index (χ0) is 12.3. The van der Waals surface area contributed by atoms with Crippen LogP contribution in [0.4, 0.5) is 0 Å². The Bertz CT molecular complexity index is 460. The van der Waals surface area contributed by atoms with Crippen molar-refractivity contribution in [1.29, 1.82) is 5.26 Å². The van der Waals surface area contributed by atoms with E-state index in [0.29, 0.717) is 24.7 Å². The first-order chi connectivity index (χ1) is 8.24. The Labute approximate surface area is 101 Å². The third-order valence-corrected chi connectivity index (χ3v) is 2.93. The molecule has 1 saturated carbocycles. The third-order valence-electron chi connectivity index (χ3n) is 2.93. The van der Waals surface area contributed by atoms with E-state index in [4.69, 9.17) is 5.26 Å². The molecule has 1 aromatic heterocycles. The number of pyridine rings is 1. The summed E-state index contributed by atoms with van der Waals surface area (Å²) < 4.78 is 0. The molecular formula is C13H15N3O. The van der Waals surface area contributed by atoms with Crippen molar-refractivity contribution in [3.05, 3.63) is 29.6 Å². The molecule has 4 heteroatoms. The van der Waals surface area contributed by atoms with Gasteiger partial charge in [0, 0.05) is 18.8 Å². The lowest BCUT2D eigenvalue weighted by Gasteiger charge is -2.21. The predicted octanol–water partition coefficient (Wildman–Crippen LogP) is 1.91. The topological polar surface area (TPSA) is 57.0 Å². The van der Waals surface area contributed by atoms with Crippen LogP contribution in [0, 0.1) is 18.3 Å². The Kier molecular flexibility index (Phi) is 3.38. The zero-order valence-corrected chi connectivity index (χ0v) is 9.89. The maximum atomic E-state index is 12.3. The highest BCUT2D eigenvalue weighted by Gasteiger charge is 2.33. The number of hydrogen-bond donors (Lipinski definition) is 0. The average molecular weight is 229 g/mol. The summed E-state index contributed by atoms with van der Waals surface area (Å²) in [6.45, 7) is 2.39. The van der Waals surface area contributed by atoms with E-state index >= 15 is 0 Å². The molecule has 1 amide bonds. The molecule has 17 heavy (non-hydrogen) atoms. The van der Waals surface area contributed by atoms with Gasteiger partial charge in [-0.1, -0.05) is 6.07 Å². The van der Waals surface area contributed by atoms with E-state index in [9.17, 15) is 4.79 Å². The second-order valence-electron chi connectivity index (χ2n) is 4.31. The zero-order valence-electron chi connectivity index (χ0n) is 9.89. The van der Waals surface area contributed by atoms with E-state index in [2.05, 4.69) is 11.1 Å². The maximum Gasteiger partial charge on any atom is 0.273 e. The van der Waals surface area contributed by atoms with Gasteiger partial charge in [0.25, 0.3) is 5.91 Å². The van der Waals surface area contributed by atoms with E-state index in [1.807, 2.05) is 19.1 Å². The monoisotopic (exact) mass is 229 g/mol. The lowest BCUT2D eigenvalue weighted by molar-refractivity contribution is 0.0740. The molecular weight excluding hydrogens is 214 g/mol. The van der Waals surface area contributed by atoms with Gasteiger partial charge < -0.3 is 4.90 Å². The Morgan fingerprint density at radius 3 is 3.00 bits per heavy atom. The van der Waals surface area contributed by atoms with Crippen molar-refractivity contribution < 1.29 is 4.79 Å². The fourth-order valence-corrected chi connectivity index (χ4v) is 1.85. The van der Waals surface area contributed by atoms with Gasteiger partial charge in [-0.05, 0) is 31.4 Å². The van der Waals surface area contributed by atoms with Gasteiger partial charge in [0.15, 0.2) is 0 Å². The fourth-order valence-electron chi connectivity index (χ4n) is 1.85. The molecule has 1 aliphatic carbocycles. The van der Waals surface area contributed by atoms with Crippen molar-refractivity contribution >= 4 is 5.91 Å². The number of carbonyl (C=O) groups excluding carboxylic acids is 1. The highest BCUT2D eigenvalue weighted by molar-refractivity contribution is 5.94. The quantitative estimate of drug-likeness (QED) is 0.792. The Morgan fingerprint density at radius 2 is 2.41 bits per heavy atom. The van der Waals surface area contributed by atoms with Crippen LogP contribution in [-0.4, -0.2) is 28.4 Å². The Hall–Kier alpha value is -1.89. The van der Waals surface area contributed by atoms with E-state index in [1.54, 1.807) is 11.1 Å². The van der Waals surface area contributed by atoms with Crippen molar-refractivity contribution in [1.82, 2.24) is 9.88 Å². The van der Waals surface area contributed by atoms with Crippen molar-refractivity contribution in [3.63, 3.8) is 0 Å². The van der Waals surface area contributed by atoms with Crippen molar-refractivity contribution in [2.24, 2.45) is 0 Å². The highest BCUT2D eigenvalue weighted by Crippen LogP contribution is 2.28. The van der Waals surface area contributed by atoms with Gasteiger partial charge in [0.1, 0.15) is 5.69 Å². The number of rotatable bonds is 4. The van der Waals surface area contributed by atoms with Gasteiger partial charge in [-0.25, -0.2) is 0 Å². The summed E-state index contributed by atoms with van der Waals surface area (Å²) in [7, 11) is 0. The molecule has 0 radical (unpaired) electrons. The molecule has 0 unspecified atom stereocenters. The summed E-state index contributed by atoms with van der Waals surface area (Å²) in [5, 5.41) is 8.62. The molecule has 1 aromatic rings. The normalized spacial score (nSPS) is 14.1. The summed E-state index contributed by atoms with van der Waals surface area (Å²) in [6, 6.07) is 6.11. The van der Waals surface area contributed by atoms with E-state index in [1.165, 1.54) is 0 Å². The number of amides is 1. The molecule has 0 N–H and O–H groups in total. The number of aryl methyl sites for hydroxylation is 1. The van der Waals surface area contributed by atoms with Crippen LogP contribution in [0.3, 0.4) is 0 Å². The summed E-state index contributed by atoms with van der Waals surface area (Å²) in [4.78, 5) is 18.2. The molecule has 2 rings (SSSR count). The minimum absolute atomic E-state index is 0.0409. The number of aromatic nitrogens is 1. The van der Waals surface area contributed by atoms with Crippen molar-refractivity contribution in [2.75, 3.05) is 6.54 Å². The molecule has 88 valence electrons. The summed E-state index contributed by atoms with van der Waals surface area (Å²) in [5.74, 6) is -0.0409. The highest BCUT2D eigenvalue weighted by atomic mass is 16.2. The van der Waals surface area contributed by atoms with Crippen LogP contribution >= 0.6 is 0 Å². The molecule has 0 bridgehead atoms. The second-order valence-corrected chi connectivity index (χ2v) is 4.31. The minimum atomic E-state index is -0.0409. The smallest absolute Gasteiger partial charge is 0.273 e. The van der Waals surface area contributed by atoms with Gasteiger partial charge in [-0.2, -0.15) is 5.26 Å². The van der Waals surface area contributed by atoms with Crippen LogP contribution in [0.1, 0.15) is 35.3 Å². The lowest BCUT2D eigenvalue weighted by atomic mass is 10.2. The van der Waals surface area contributed by atoms with E-state index in [-0.39, 0.29) is 5.91 Å². The minimum Gasteiger partial charge on any atom is -0.333 e. The van der Waals surface area contributed by atoms with Crippen LogP contribution in [0.25, 0.3) is 0 Å². The first kappa shape index (κ1) is 11.6. The number of nitrogens with zero attached hydrogens (tertiary/aromatic N) is 3. The molecule has 1 heterocycles. The predicted molar refractivity (Wildman–Crippen MR) is 63.3 cm³/mol. The number of hydrogen-bond acceptors (Lipinski definition) is 3. The molecule has 0 aromatic carbocycles. The molecule has 1 fully saturated rings. The number of carbonyl (C=O) groups is 1. The molecule has 4 nitrogen and oxygen atoms in total. The van der Waals surface area contributed by atoms with E-state index < -0.39 is 0 Å². The fraction of sp³-hybridized carbons (Fsp3) is 0.462. The van der Waals surface area contributed by atoms with Gasteiger partial charge in [-0.3, -0.25) is 9.78 Å². The Balaban J connectivity index is 2.16. The van der Waals surface area contributed by atoms with Gasteiger partial charge in [-0.15, -0.1) is 0 Å². The summed E-state index contributed by atoms with van der Waals surface area (Å²) >= 11 is 0. The first-order valence-corrected chi connectivity index (χ1v) is 5.83. The van der Waals surface area contributed by atoms with Crippen LogP contribution < -0.4 is 0 Å². The SMILES string of the molecule is Cc1cccnc1C(=O)N(CCC#N)C1CC1. The van der Waals surface area contributed by atoms with Crippen LogP contribution in [0.2, 0.25) is 0 Å². The average Bonchev–Trinajstić information content (AvgIpc) is 3.14. The van der Waals surface area contributed by atoms with Crippen LogP contribution in [-0.2, 0) is 0 Å². The lowest BCUT2D eigenvalue weighted by Crippen LogP contribution is -2.34. The van der Waals surface area contributed by atoms with Crippen LogP contribution in [0.5, 0.6) is 0 Å². The van der Waals surface area contributed by atoms with Crippen molar-refractivity contribution in [3.8, 4) is 6.07 Å². The molecule has 0 spiro atoms. The molecule has 1 aliphatic rings. The largest absolute Gasteiger partial charge is 0.333 e. The Morgan fingerprint density at radius 1 is 1.65 bits per heavy atom. The molecule has 0 atom stereocenters. The maximum absolute atomic E-state index is 12.3. The standard InChI is InChI=1S/C13H15N3O/c1-10-4-2-8-15-12(10)13(17)16(9-3-7-14)11-5-6-11/h2,4,8,11H,3,5-6,9H2,1H3. The second kappa shape index (κ2) is 4.96. The molecule has 0 aliphatic heterocycles. The summed E-state index contributed by atoms with van der Waals surface area (Å²) in [6.07, 6.45) is 4.11. The first-order valence-electron chi connectivity index (χ1n) is 5.83. The van der Waals surface area contributed by atoms with Gasteiger partial charge in [0.05, 0.1) is 12.5 Å². The van der Waals surface area contributed by atoms with E-state index in [0.717, 1.165) is 18.4 Å². The third kappa shape index (κ3) is 2.62. The van der Waals surface area contributed by atoms with Crippen LogP contribution in [0.15, 0.2) is 18.3 Å². The van der Waals surface area contributed by atoms with Gasteiger partial charge in [0.2, 0.25) is 0 Å². The summed E-state index contributed by atoms with van der Waals surface area (Å²) in [5.41, 5.74) is 1.40. The molecule has 0 saturated heterocycles. The van der Waals surface area contributed by atoms with Crippen molar-refractivity contribution in [2.45, 2.75) is 32.2 Å². The van der Waals surface area contributed by atoms with Gasteiger partial charge >= 0.3 is 0 Å².